The van der Waals surface area contributed by atoms with Crippen molar-refractivity contribution in [2.24, 2.45) is 5.41 Å². The van der Waals surface area contributed by atoms with Gasteiger partial charge < -0.3 is 15.5 Å². The molecule has 0 atom stereocenters. The molecule has 1 saturated carbocycles. The lowest BCUT2D eigenvalue weighted by atomic mass is 9.76. The van der Waals surface area contributed by atoms with E-state index >= 15 is 0 Å². The van der Waals surface area contributed by atoms with Crippen LogP contribution in [0.15, 0.2) is 0 Å². The average Bonchev–Trinajstić information content (AvgIpc) is 2.74. The summed E-state index contributed by atoms with van der Waals surface area (Å²) < 4.78 is 0. The second-order valence-corrected chi connectivity index (χ2v) is 6.45. The summed E-state index contributed by atoms with van der Waals surface area (Å²) >= 11 is 0. The van der Waals surface area contributed by atoms with E-state index in [0.717, 1.165) is 32.4 Å². The van der Waals surface area contributed by atoms with E-state index in [9.17, 15) is 9.59 Å². The first-order chi connectivity index (χ1) is 9.61. The van der Waals surface area contributed by atoms with Gasteiger partial charge in [0.25, 0.3) is 0 Å². The minimum absolute atomic E-state index is 0.175. The Bertz CT molecular complexity index is 343. The first kappa shape index (κ1) is 15.3. The van der Waals surface area contributed by atoms with Crippen LogP contribution in [0.25, 0.3) is 0 Å². The number of hydrogen-bond acceptors (Lipinski definition) is 3. The molecular formula is C15H27N3O2. The van der Waals surface area contributed by atoms with Gasteiger partial charge in [0.1, 0.15) is 0 Å². The van der Waals surface area contributed by atoms with Gasteiger partial charge in [-0.2, -0.15) is 0 Å². The molecule has 1 saturated heterocycles. The molecule has 2 fully saturated rings. The van der Waals surface area contributed by atoms with E-state index in [1.807, 2.05) is 0 Å². The lowest BCUT2D eigenvalue weighted by Crippen LogP contribution is -2.47. The molecule has 114 valence electrons. The molecule has 0 spiro atoms. The summed E-state index contributed by atoms with van der Waals surface area (Å²) in [6.45, 7) is 5.84. The zero-order chi connectivity index (χ0) is 14.4. The number of rotatable bonds is 2. The molecule has 1 heterocycles. The zero-order valence-electron chi connectivity index (χ0n) is 12.5. The Hall–Kier alpha value is -1.10. The van der Waals surface area contributed by atoms with E-state index in [-0.39, 0.29) is 11.3 Å². The number of nitrogens with zero attached hydrogens (tertiary/aromatic N) is 1. The highest BCUT2D eigenvalue weighted by Gasteiger charge is 2.29. The van der Waals surface area contributed by atoms with Crippen molar-refractivity contribution in [3.05, 3.63) is 0 Å². The predicted molar refractivity (Wildman–Crippen MR) is 78.3 cm³/mol. The molecule has 5 nitrogen and oxygen atoms in total. The molecular weight excluding hydrogens is 254 g/mol. The van der Waals surface area contributed by atoms with Crippen molar-refractivity contribution in [3.63, 3.8) is 0 Å². The third-order valence-corrected chi connectivity index (χ3v) is 4.56. The van der Waals surface area contributed by atoms with Crippen LogP contribution in [-0.4, -0.2) is 49.4 Å². The summed E-state index contributed by atoms with van der Waals surface area (Å²) in [6, 6.07) is 0. The van der Waals surface area contributed by atoms with Crippen molar-refractivity contribution in [2.75, 3.05) is 32.7 Å². The fraction of sp³-hybridized carbons (Fsp3) is 0.867. The maximum Gasteiger partial charge on any atom is 0.311 e. The SMILES string of the molecule is CC1(CNC(=O)C(=O)N2CCCNCC2)CCCCC1. The Morgan fingerprint density at radius 1 is 1.10 bits per heavy atom. The van der Waals surface area contributed by atoms with Crippen molar-refractivity contribution in [1.82, 2.24) is 15.5 Å². The fourth-order valence-electron chi connectivity index (χ4n) is 3.14. The highest BCUT2D eigenvalue weighted by Crippen LogP contribution is 2.34. The van der Waals surface area contributed by atoms with Crippen LogP contribution in [0.4, 0.5) is 0 Å². The van der Waals surface area contributed by atoms with E-state index in [2.05, 4.69) is 17.6 Å². The van der Waals surface area contributed by atoms with Gasteiger partial charge in [0.05, 0.1) is 0 Å². The molecule has 0 unspecified atom stereocenters. The summed E-state index contributed by atoms with van der Waals surface area (Å²) in [6.07, 6.45) is 6.97. The summed E-state index contributed by atoms with van der Waals surface area (Å²) in [5, 5.41) is 6.09. The molecule has 0 radical (unpaired) electrons. The second kappa shape index (κ2) is 7.07. The van der Waals surface area contributed by atoms with Crippen LogP contribution in [0.5, 0.6) is 0 Å². The van der Waals surface area contributed by atoms with E-state index in [0.29, 0.717) is 19.6 Å². The molecule has 2 amide bonds. The Balaban J connectivity index is 1.79. The molecule has 2 rings (SSSR count). The zero-order valence-corrected chi connectivity index (χ0v) is 12.5. The maximum absolute atomic E-state index is 12.1. The molecule has 2 N–H and O–H groups in total. The van der Waals surface area contributed by atoms with E-state index in [4.69, 9.17) is 0 Å². The number of hydrogen-bond donors (Lipinski definition) is 2. The normalized spacial score (nSPS) is 22.9. The molecule has 0 aromatic heterocycles. The summed E-state index contributed by atoms with van der Waals surface area (Å²) in [4.78, 5) is 25.8. The smallest absolute Gasteiger partial charge is 0.311 e. The quantitative estimate of drug-likeness (QED) is 0.739. The third-order valence-electron chi connectivity index (χ3n) is 4.56. The van der Waals surface area contributed by atoms with E-state index in [1.54, 1.807) is 4.90 Å². The fourth-order valence-corrected chi connectivity index (χ4v) is 3.14. The highest BCUT2D eigenvalue weighted by atomic mass is 16.2. The average molecular weight is 281 g/mol. The van der Waals surface area contributed by atoms with Gasteiger partial charge in [-0.15, -0.1) is 0 Å². The minimum Gasteiger partial charge on any atom is -0.347 e. The monoisotopic (exact) mass is 281 g/mol. The number of carbonyl (C=O) groups is 2. The van der Waals surface area contributed by atoms with Crippen LogP contribution >= 0.6 is 0 Å². The van der Waals surface area contributed by atoms with Gasteiger partial charge in [-0.05, 0) is 31.2 Å². The first-order valence-electron chi connectivity index (χ1n) is 7.89. The largest absolute Gasteiger partial charge is 0.347 e. The Morgan fingerprint density at radius 3 is 2.60 bits per heavy atom. The van der Waals surface area contributed by atoms with Gasteiger partial charge in [-0.25, -0.2) is 0 Å². The molecule has 20 heavy (non-hydrogen) atoms. The lowest BCUT2D eigenvalue weighted by Gasteiger charge is -2.33. The Labute approximate surface area is 121 Å². The van der Waals surface area contributed by atoms with Crippen LogP contribution in [0.3, 0.4) is 0 Å². The number of amides is 2. The van der Waals surface area contributed by atoms with Crippen LogP contribution in [0.2, 0.25) is 0 Å². The van der Waals surface area contributed by atoms with Crippen molar-refractivity contribution in [1.29, 1.82) is 0 Å². The van der Waals surface area contributed by atoms with Crippen LogP contribution < -0.4 is 10.6 Å². The molecule has 2 aliphatic rings. The van der Waals surface area contributed by atoms with Crippen molar-refractivity contribution in [2.45, 2.75) is 45.4 Å². The molecule has 1 aliphatic carbocycles. The molecule has 0 aromatic carbocycles. The van der Waals surface area contributed by atoms with E-state index in [1.165, 1.54) is 19.3 Å². The summed E-state index contributed by atoms with van der Waals surface area (Å²) in [5.41, 5.74) is 0.175. The van der Waals surface area contributed by atoms with Gasteiger partial charge in [-0.1, -0.05) is 26.2 Å². The predicted octanol–water partition coefficient (Wildman–Crippen LogP) is 0.895. The van der Waals surface area contributed by atoms with Crippen molar-refractivity contribution in [3.8, 4) is 0 Å². The number of nitrogens with one attached hydrogen (secondary N) is 2. The highest BCUT2D eigenvalue weighted by molar-refractivity contribution is 6.35. The van der Waals surface area contributed by atoms with Crippen LogP contribution in [-0.2, 0) is 9.59 Å². The summed E-state index contributed by atoms with van der Waals surface area (Å²) in [7, 11) is 0. The number of carbonyl (C=O) groups excluding carboxylic acids is 2. The standard InChI is InChI=1S/C15H27N3O2/c1-15(6-3-2-4-7-15)12-17-13(19)14(20)18-10-5-8-16-9-11-18/h16H,2-12H2,1H3,(H,17,19). The van der Waals surface area contributed by atoms with Gasteiger partial charge in [0.15, 0.2) is 0 Å². The van der Waals surface area contributed by atoms with Gasteiger partial charge in [0.2, 0.25) is 0 Å². The van der Waals surface area contributed by atoms with Gasteiger partial charge >= 0.3 is 11.8 Å². The first-order valence-corrected chi connectivity index (χ1v) is 7.89. The molecule has 0 bridgehead atoms. The summed E-state index contributed by atoms with van der Waals surface area (Å²) in [5.74, 6) is -0.799. The van der Waals surface area contributed by atoms with Crippen molar-refractivity contribution < 1.29 is 9.59 Å². The molecule has 0 aromatic rings. The van der Waals surface area contributed by atoms with Gasteiger partial charge in [0, 0.05) is 26.2 Å². The van der Waals surface area contributed by atoms with Crippen molar-refractivity contribution >= 4 is 11.8 Å². The van der Waals surface area contributed by atoms with Crippen LogP contribution in [0.1, 0.15) is 45.4 Å². The lowest BCUT2D eigenvalue weighted by molar-refractivity contribution is -0.146. The Kier molecular flexibility index (Phi) is 5.40. The minimum atomic E-state index is -0.432. The maximum atomic E-state index is 12.1. The van der Waals surface area contributed by atoms with E-state index < -0.39 is 5.91 Å². The molecule has 5 heteroatoms. The topological polar surface area (TPSA) is 61.4 Å². The van der Waals surface area contributed by atoms with Crippen LogP contribution in [0, 0.1) is 5.41 Å². The Morgan fingerprint density at radius 2 is 1.85 bits per heavy atom. The second-order valence-electron chi connectivity index (χ2n) is 6.45. The van der Waals surface area contributed by atoms with Gasteiger partial charge in [-0.3, -0.25) is 9.59 Å². The molecule has 1 aliphatic heterocycles. The third kappa shape index (κ3) is 4.20.